The summed E-state index contributed by atoms with van der Waals surface area (Å²) in [5.74, 6) is -0.592. The van der Waals surface area contributed by atoms with Crippen LogP contribution in [0, 0.1) is 0 Å². The zero-order valence-electron chi connectivity index (χ0n) is 3.67. The fourth-order valence-corrected chi connectivity index (χ4v) is 0.262. The molecule has 5 heteroatoms. The second-order valence-corrected chi connectivity index (χ2v) is 2.00. The van der Waals surface area contributed by atoms with E-state index in [0.29, 0.717) is 0 Å². The maximum absolute atomic E-state index is 11.2. The molecule has 0 fully saturated rings. The first-order chi connectivity index (χ1) is 3.48. The second kappa shape index (κ2) is 2.78. The third kappa shape index (κ3) is 2.62. The molecule has 0 amide bonds. The van der Waals surface area contributed by atoms with E-state index in [2.05, 4.69) is 11.6 Å². The summed E-state index contributed by atoms with van der Waals surface area (Å²) in [6, 6.07) is 0. The van der Waals surface area contributed by atoms with Gasteiger partial charge in [-0.05, 0) is 0 Å². The van der Waals surface area contributed by atoms with Crippen molar-refractivity contribution in [3.05, 3.63) is 0 Å². The van der Waals surface area contributed by atoms with Crippen molar-refractivity contribution >= 4 is 23.2 Å². The maximum Gasteiger partial charge on any atom is 0.406 e. The number of halogens is 5. The summed E-state index contributed by atoms with van der Waals surface area (Å²) in [4.78, 5) is 0. The van der Waals surface area contributed by atoms with E-state index in [1.165, 1.54) is 0 Å². The summed E-state index contributed by atoms with van der Waals surface area (Å²) in [6.07, 6.45) is -4.36. The number of hydrogen-bond acceptors (Lipinski definition) is 0. The summed E-state index contributed by atoms with van der Waals surface area (Å²) < 4.78 is 33.7. The molecule has 0 rings (SSSR count). The van der Waals surface area contributed by atoms with Crippen LogP contribution in [0.1, 0.15) is 0 Å². The molecule has 0 bridgehead atoms. The molecule has 0 spiro atoms. The molecule has 0 saturated heterocycles. The average molecular weight is 167 g/mol. The number of alkyl halides is 5. The molecule has 0 unspecified atom stereocenters. The third-order valence-corrected chi connectivity index (χ3v) is 1.36. The zero-order chi connectivity index (χ0) is 6.78. The van der Waals surface area contributed by atoms with E-state index in [1.807, 2.05) is 0 Å². The van der Waals surface area contributed by atoms with Crippen molar-refractivity contribution in [2.45, 2.75) is 11.6 Å². The quantitative estimate of drug-likeness (QED) is 0.526. The van der Waals surface area contributed by atoms with Crippen LogP contribution in [-0.2, 0) is 0 Å². The largest absolute Gasteiger partial charge is 0.406 e. The summed E-state index contributed by atoms with van der Waals surface area (Å²) in [5.41, 5.74) is 0. The summed E-state index contributed by atoms with van der Waals surface area (Å²) >= 11 is 9.47. The lowest BCUT2D eigenvalue weighted by molar-refractivity contribution is -0.126. The highest BCUT2D eigenvalue weighted by atomic mass is 35.5. The molecular weight excluding hydrogens is 164 g/mol. The van der Waals surface area contributed by atoms with Gasteiger partial charge >= 0.3 is 6.18 Å². The van der Waals surface area contributed by atoms with Crippen LogP contribution in [0.5, 0.6) is 0 Å². The number of hydrogen-bond donors (Lipinski definition) is 0. The first kappa shape index (κ1) is 8.37. The van der Waals surface area contributed by atoms with E-state index in [0.717, 1.165) is 0 Å². The van der Waals surface area contributed by atoms with Gasteiger partial charge in [0.1, 0.15) is 5.38 Å². The van der Waals surface area contributed by atoms with Gasteiger partial charge in [-0.15, -0.1) is 23.2 Å². The topological polar surface area (TPSA) is 0 Å². The average Bonchev–Trinajstić information content (AvgIpc) is 1.62. The van der Waals surface area contributed by atoms with Gasteiger partial charge in [-0.3, -0.25) is 0 Å². The highest BCUT2D eigenvalue weighted by molar-refractivity contribution is 6.28. The van der Waals surface area contributed by atoms with E-state index >= 15 is 0 Å². The van der Waals surface area contributed by atoms with Crippen LogP contribution in [0.3, 0.4) is 0 Å². The van der Waals surface area contributed by atoms with Crippen molar-refractivity contribution in [3.63, 3.8) is 0 Å². The molecule has 0 radical (unpaired) electrons. The first-order valence-electron chi connectivity index (χ1n) is 1.75. The van der Waals surface area contributed by atoms with Gasteiger partial charge in [0.25, 0.3) is 0 Å². The van der Waals surface area contributed by atoms with Crippen LogP contribution >= 0.6 is 23.2 Å². The first-order valence-corrected chi connectivity index (χ1v) is 2.72. The normalized spacial score (nSPS) is 16.1. The molecule has 0 aliphatic rings. The van der Waals surface area contributed by atoms with Crippen molar-refractivity contribution in [1.82, 2.24) is 0 Å². The minimum Gasteiger partial charge on any atom is -0.169 e. The minimum atomic E-state index is -4.36. The lowest BCUT2D eigenvalue weighted by Crippen LogP contribution is -2.24. The van der Waals surface area contributed by atoms with E-state index in [1.54, 1.807) is 0 Å². The molecule has 0 N–H and O–H groups in total. The van der Waals surface area contributed by atoms with Crippen molar-refractivity contribution in [3.8, 4) is 0 Å². The Bertz CT molecular complexity index is 69.4. The predicted octanol–water partition coefficient (Wildman–Crippen LogP) is 2.39. The van der Waals surface area contributed by atoms with Crippen molar-refractivity contribution in [2.75, 3.05) is 5.88 Å². The van der Waals surface area contributed by atoms with Crippen molar-refractivity contribution in [2.24, 2.45) is 0 Å². The number of rotatable bonds is 1. The molecule has 8 heavy (non-hydrogen) atoms. The molecule has 0 aromatic carbocycles. The summed E-state index contributed by atoms with van der Waals surface area (Å²) in [6.45, 7) is 0. The van der Waals surface area contributed by atoms with Gasteiger partial charge in [-0.25, -0.2) is 0 Å². The van der Waals surface area contributed by atoms with E-state index in [9.17, 15) is 13.2 Å². The standard InChI is InChI=1S/C3H3Cl2F3/c4-1-2(5)3(6,7)8/h2H,1H2/t2-/m0/s1. The Morgan fingerprint density at radius 3 is 1.75 bits per heavy atom. The van der Waals surface area contributed by atoms with Crippen LogP contribution in [0.4, 0.5) is 13.2 Å². The van der Waals surface area contributed by atoms with E-state index < -0.39 is 17.4 Å². The Hall–Kier alpha value is 0.370. The highest BCUT2D eigenvalue weighted by Crippen LogP contribution is 2.25. The van der Waals surface area contributed by atoms with E-state index in [4.69, 9.17) is 11.6 Å². The Kier molecular flexibility index (Phi) is 2.91. The Labute approximate surface area is 54.6 Å². The SMILES string of the molecule is FC(F)(F)[C@@H](Cl)CCl. The minimum absolute atomic E-state index is 0.592. The fraction of sp³-hybridized carbons (Fsp3) is 1.00. The molecule has 0 aliphatic heterocycles. The molecule has 0 heterocycles. The molecule has 0 saturated carbocycles. The Morgan fingerprint density at radius 1 is 1.38 bits per heavy atom. The van der Waals surface area contributed by atoms with Crippen LogP contribution < -0.4 is 0 Å². The predicted molar refractivity (Wildman–Crippen MR) is 26.4 cm³/mol. The van der Waals surface area contributed by atoms with Gasteiger partial charge in [-0.2, -0.15) is 13.2 Å². The molecular formula is C3H3Cl2F3. The molecule has 0 nitrogen and oxygen atoms in total. The lowest BCUT2D eigenvalue weighted by Gasteiger charge is -2.08. The molecule has 0 aromatic heterocycles. The summed E-state index contributed by atoms with van der Waals surface area (Å²) in [7, 11) is 0. The zero-order valence-corrected chi connectivity index (χ0v) is 5.19. The van der Waals surface area contributed by atoms with Gasteiger partial charge in [0, 0.05) is 5.88 Å². The van der Waals surface area contributed by atoms with Gasteiger partial charge < -0.3 is 0 Å². The smallest absolute Gasteiger partial charge is 0.169 e. The maximum atomic E-state index is 11.2. The Balaban J connectivity index is 3.62. The second-order valence-electron chi connectivity index (χ2n) is 1.16. The van der Waals surface area contributed by atoms with Gasteiger partial charge in [0.05, 0.1) is 0 Å². The molecule has 50 valence electrons. The van der Waals surface area contributed by atoms with E-state index in [-0.39, 0.29) is 0 Å². The molecule has 1 atom stereocenters. The highest BCUT2D eigenvalue weighted by Gasteiger charge is 2.37. The van der Waals surface area contributed by atoms with Crippen LogP contribution in [0.15, 0.2) is 0 Å². The van der Waals surface area contributed by atoms with Gasteiger partial charge in [-0.1, -0.05) is 0 Å². The fourth-order valence-electron chi connectivity index (χ4n) is 0.0875. The van der Waals surface area contributed by atoms with Crippen LogP contribution in [0.2, 0.25) is 0 Å². The molecule has 0 aromatic rings. The summed E-state index contributed by atoms with van der Waals surface area (Å²) in [5, 5.41) is -1.91. The van der Waals surface area contributed by atoms with Crippen molar-refractivity contribution < 1.29 is 13.2 Å². The Morgan fingerprint density at radius 2 is 1.75 bits per heavy atom. The monoisotopic (exact) mass is 166 g/mol. The lowest BCUT2D eigenvalue weighted by atomic mass is 10.5. The van der Waals surface area contributed by atoms with Crippen LogP contribution in [0.25, 0.3) is 0 Å². The molecule has 0 aliphatic carbocycles. The van der Waals surface area contributed by atoms with Crippen molar-refractivity contribution in [1.29, 1.82) is 0 Å². The van der Waals surface area contributed by atoms with Gasteiger partial charge in [0.2, 0.25) is 0 Å². The van der Waals surface area contributed by atoms with Crippen LogP contribution in [-0.4, -0.2) is 17.4 Å². The van der Waals surface area contributed by atoms with Gasteiger partial charge in [0.15, 0.2) is 0 Å². The third-order valence-electron chi connectivity index (χ3n) is 0.491.